The molecule has 0 amide bonds. The number of allylic oxidation sites excluding steroid dienone is 1. The van der Waals surface area contributed by atoms with E-state index in [2.05, 4.69) is 15.9 Å². The highest BCUT2D eigenvalue weighted by Crippen LogP contribution is 2.38. The van der Waals surface area contributed by atoms with E-state index in [0.29, 0.717) is 27.1 Å². The first-order chi connectivity index (χ1) is 14.0. The van der Waals surface area contributed by atoms with E-state index in [0.717, 1.165) is 0 Å². The number of halogens is 3. The van der Waals surface area contributed by atoms with Crippen LogP contribution >= 0.6 is 15.9 Å². The highest BCUT2D eigenvalue weighted by Gasteiger charge is 2.14. The minimum absolute atomic E-state index is 0.0233. The number of benzene rings is 3. The summed E-state index contributed by atoms with van der Waals surface area (Å²) in [5.74, 6) is -0.0352. The summed E-state index contributed by atoms with van der Waals surface area (Å²) in [6, 6.07) is 17.8. The van der Waals surface area contributed by atoms with Crippen molar-refractivity contribution < 1.29 is 18.3 Å². The van der Waals surface area contributed by atoms with E-state index < -0.39 is 5.82 Å². The summed E-state index contributed by atoms with van der Waals surface area (Å²) < 4.78 is 39.6. The molecule has 0 radical (unpaired) electrons. The van der Waals surface area contributed by atoms with Crippen molar-refractivity contribution >= 4 is 27.6 Å². The van der Waals surface area contributed by atoms with E-state index >= 15 is 0 Å². The predicted molar refractivity (Wildman–Crippen MR) is 111 cm³/mol. The van der Waals surface area contributed by atoms with Gasteiger partial charge < -0.3 is 9.47 Å². The second-order valence-corrected chi connectivity index (χ2v) is 6.92. The fourth-order valence-electron chi connectivity index (χ4n) is 2.75. The van der Waals surface area contributed by atoms with Crippen LogP contribution in [0.5, 0.6) is 11.5 Å². The molecule has 0 heterocycles. The Bertz CT molecular complexity index is 1110. The summed E-state index contributed by atoms with van der Waals surface area (Å²) in [5, 5.41) is 9.46. The molecule has 3 rings (SSSR count). The Kier molecular flexibility index (Phi) is 6.63. The third-order valence-electron chi connectivity index (χ3n) is 4.18. The largest absolute Gasteiger partial charge is 0.493 e. The average Bonchev–Trinajstić information content (AvgIpc) is 2.72. The van der Waals surface area contributed by atoms with Crippen LogP contribution in [-0.4, -0.2) is 7.11 Å². The molecular formula is C23H16BrF2NO2. The maximum atomic E-state index is 14.0. The van der Waals surface area contributed by atoms with Gasteiger partial charge in [0.25, 0.3) is 0 Å². The predicted octanol–water partition coefficient (Wildman–Crippen LogP) is 6.38. The molecule has 146 valence electrons. The van der Waals surface area contributed by atoms with E-state index in [1.807, 2.05) is 6.07 Å². The first-order valence-electron chi connectivity index (χ1n) is 8.64. The summed E-state index contributed by atoms with van der Waals surface area (Å²) in [7, 11) is 1.48. The van der Waals surface area contributed by atoms with Gasteiger partial charge in [-0.3, -0.25) is 0 Å². The fourth-order valence-corrected chi connectivity index (χ4v) is 3.32. The molecule has 29 heavy (non-hydrogen) atoms. The van der Waals surface area contributed by atoms with Gasteiger partial charge in [-0.2, -0.15) is 5.26 Å². The molecule has 0 aromatic heterocycles. The van der Waals surface area contributed by atoms with Gasteiger partial charge in [-0.15, -0.1) is 0 Å². The van der Waals surface area contributed by atoms with Crippen molar-refractivity contribution in [3.05, 3.63) is 93.5 Å². The van der Waals surface area contributed by atoms with E-state index in [9.17, 15) is 14.0 Å². The zero-order valence-corrected chi connectivity index (χ0v) is 17.0. The van der Waals surface area contributed by atoms with Gasteiger partial charge in [0.2, 0.25) is 0 Å². The Morgan fingerprint density at radius 1 is 1.07 bits per heavy atom. The van der Waals surface area contributed by atoms with Crippen molar-refractivity contribution in [2.75, 3.05) is 7.11 Å². The summed E-state index contributed by atoms with van der Waals surface area (Å²) in [6.07, 6.45) is 1.56. The third kappa shape index (κ3) is 4.82. The van der Waals surface area contributed by atoms with Crippen molar-refractivity contribution in [3.8, 4) is 17.6 Å². The lowest BCUT2D eigenvalue weighted by atomic mass is 10.0. The molecular weight excluding hydrogens is 440 g/mol. The Morgan fingerprint density at radius 3 is 2.41 bits per heavy atom. The van der Waals surface area contributed by atoms with Gasteiger partial charge >= 0.3 is 0 Å². The minimum Gasteiger partial charge on any atom is -0.493 e. The number of hydrogen-bond acceptors (Lipinski definition) is 3. The SMILES string of the molecule is COc1cc(C=C(C#N)c2ccccc2F)cc(Br)c1OCc1ccccc1F. The standard InChI is InChI=1S/C23H16BrF2NO2/c1-28-22-12-15(10-17(13-27)18-7-3-5-9-21(18)26)11-19(24)23(22)29-14-16-6-2-4-8-20(16)25/h2-12H,14H2,1H3. The number of ether oxygens (including phenoxy) is 2. The molecule has 0 atom stereocenters. The maximum absolute atomic E-state index is 14.0. The molecule has 3 aromatic carbocycles. The third-order valence-corrected chi connectivity index (χ3v) is 4.77. The van der Waals surface area contributed by atoms with Gasteiger partial charge in [0.05, 0.1) is 23.2 Å². The molecule has 6 heteroatoms. The van der Waals surface area contributed by atoms with Crippen LogP contribution in [0.1, 0.15) is 16.7 Å². The topological polar surface area (TPSA) is 42.2 Å². The summed E-state index contributed by atoms with van der Waals surface area (Å²) in [6.45, 7) is 0.0233. The lowest BCUT2D eigenvalue weighted by molar-refractivity contribution is 0.278. The molecule has 0 N–H and O–H groups in total. The molecule has 3 aromatic rings. The van der Waals surface area contributed by atoms with Gasteiger partial charge in [0, 0.05) is 11.1 Å². The first-order valence-corrected chi connectivity index (χ1v) is 9.43. The molecule has 0 aliphatic rings. The smallest absolute Gasteiger partial charge is 0.175 e. The second-order valence-electron chi connectivity index (χ2n) is 6.06. The van der Waals surface area contributed by atoms with Gasteiger partial charge in [0.1, 0.15) is 18.2 Å². The van der Waals surface area contributed by atoms with Gasteiger partial charge in [0.15, 0.2) is 11.5 Å². The van der Waals surface area contributed by atoms with E-state index in [1.54, 1.807) is 54.6 Å². The van der Waals surface area contributed by atoms with Crippen molar-refractivity contribution in [1.82, 2.24) is 0 Å². The normalized spacial score (nSPS) is 11.1. The van der Waals surface area contributed by atoms with Crippen LogP contribution in [-0.2, 0) is 6.61 Å². The van der Waals surface area contributed by atoms with Crippen LogP contribution in [0.2, 0.25) is 0 Å². The fraction of sp³-hybridized carbons (Fsp3) is 0.0870. The van der Waals surface area contributed by atoms with Crippen LogP contribution in [0.25, 0.3) is 11.6 Å². The van der Waals surface area contributed by atoms with Crippen LogP contribution < -0.4 is 9.47 Å². The van der Waals surface area contributed by atoms with E-state index in [4.69, 9.17) is 9.47 Å². The molecule has 0 aliphatic carbocycles. The Hall–Kier alpha value is -3.17. The van der Waals surface area contributed by atoms with Gasteiger partial charge in [-0.05, 0) is 51.8 Å². The van der Waals surface area contributed by atoms with Crippen molar-refractivity contribution in [2.45, 2.75) is 6.61 Å². The number of nitrogens with zero attached hydrogens (tertiary/aromatic N) is 1. The number of nitriles is 1. The lowest BCUT2D eigenvalue weighted by Gasteiger charge is -2.14. The molecule has 0 spiro atoms. The maximum Gasteiger partial charge on any atom is 0.175 e. The van der Waals surface area contributed by atoms with Crippen LogP contribution in [0.3, 0.4) is 0 Å². The zero-order chi connectivity index (χ0) is 20.8. The Balaban J connectivity index is 1.93. The van der Waals surface area contributed by atoms with Crippen molar-refractivity contribution in [1.29, 1.82) is 5.26 Å². The van der Waals surface area contributed by atoms with Crippen LogP contribution in [0, 0.1) is 23.0 Å². The lowest BCUT2D eigenvalue weighted by Crippen LogP contribution is -2.01. The number of hydrogen-bond donors (Lipinski definition) is 0. The number of methoxy groups -OCH3 is 1. The molecule has 0 saturated heterocycles. The highest BCUT2D eigenvalue weighted by molar-refractivity contribution is 9.10. The molecule has 0 unspecified atom stereocenters. The Labute approximate surface area is 175 Å². The quantitative estimate of drug-likeness (QED) is 0.319. The molecule has 0 bridgehead atoms. The van der Waals surface area contributed by atoms with Gasteiger partial charge in [-0.25, -0.2) is 8.78 Å². The number of rotatable bonds is 6. The molecule has 0 fully saturated rings. The van der Waals surface area contributed by atoms with Crippen molar-refractivity contribution in [2.24, 2.45) is 0 Å². The van der Waals surface area contributed by atoms with Crippen molar-refractivity contribution in [3.63, 3.8) is 0 Å². The molecule has 3 nitrogen and oxygen atoms in total. The zero-order valence-electron chi connectivity index (χ0n) is 15.5. The highest BCUT2D eigenvalue weighted by atomic mass is 79.9. The molecule has 0 saturated carbocycles. The summed E-state index contributed by atoms with van der Waals surface area (Å²) >= 11 is 3.43. The van der Waals surface area contributed by atoms with Crippen LogP contribution in [0.15, 0.2) is 65.1 Å². The summed E-state index contributed by atoms with van der Waals surface area (Å²) in [5.41, 5.74) is 1.42. The molecule has 0 aliphatic heterocycles. The second kappa shape index (κ2) is 9.35. The van der Waals surface area contributed by atoms with Crippen LogP contribution in [0.4, 0.5) is 8.78 Å². The monoisotopic (exact) mass is 455 g/mol. The van der Waals surface area contributed by atoms with E-state index in [-0.39, 0.29) is 23.6 Å². The van der Waals surface area contributed by atoms with E-state index in [1.165, 1.54) is 19.2 Å². The minimum atomic E-state index is -0.476. The average molecular weight is 456 g/mol. The first kappa shape index (κ1) is 20.6. The summed E-state index contributed by atoms with van der Waals surface area (Å²) in [4.78, 5) is 0. The van der Waals surface area contributed by atoms with Gasteiger partial charge in [-0.1, -0.05) is 36.4 Å². The Morgan fingerprint density at radius 2 is 1.76 bits per heavy atom.